The lowest BCUT2D eigenvalue weighted by Crippen LogP contribution is -2.60. The molecule has 9 rings (SSSR count). The van der Waals surface area contributed by atoms with E-state index >= 15 is 0 Å². The fourth-order valence-corrected chi connectivity index (χ4v) is 15.2. The number of Topliss-reactive ketones (excluding diaryl/α,β-unsaturated/α-hetero) is 3. The second-order valence-corrected chi connectivity index (χ2v) is 29.1. The van der Waals surface area contributed by atoms with Crippen molar-refractivity contribution in [3.8, 4) is 17.0 Å². The maximum absolute atomic E-state index is 14.8. The maximum Gasteiger partial charge on any atom is 0.329 e. The van der Waals surface area contributed by atoms with Crippen LogP contribution in [0.3, 0.4) is 0 Å². The first-order valence-electron chi connectivity index (χ1n) is 36.2. The zero-order chi connectivity index (χ0) is 72.1. The lowest BCUT2D eigenvalue weighted by Gasteiger charge is -2.43. The lowest BCUT2D eigenvalue weighted by atomic mass is 9.78. The minimum Gasteiger partial charge on any atom is -0.496 e. The van der Waals surface area contributed by atoms with Crippen LogP contribution in [0.25, 0.3) is 22.3 Å². The molecule has 2 unspecified atom stereocenters. The standard InChI is InChI=1S/C77H108N6O17/c1-45-18-14-13-15-19-46(2)56(40-67(86)98-44-57-38-55(23-28-64(57)93-10)60-26-25-59-72(78-60)79-76(82-31-33-97-43-53(82)9)80-73(59)81-30-32-96-42-52(81)8)39-58-24-21-51(7)77(92,100-58)71(89)74(90)83-29-17-16-20-61(83)75(91)99-65(48(4)36-54-22-27-62(84)66(37-54)94-11)41-63(85)47(3)35-50(6)69(88)70(95-12)68(87)49(5)34-45/h13-15,18-19,23,25-26,28,35,38,45,47-49,51-54,56,58,61-62,65-66,69-70,84,88,92H,16-17,20-22,24,27,29-34,36-37,39-44H2,1-12H3/b15-13+,18-14+,46-19+,50-35+/t45-,47-,48-,49-,51-,52+,53+,54?,56?,58+,61+,62-,65+,66-,69-,70+,77-/m1/s1. The minimum absolute atomic E-state index is 0.0148. The zero-order valence-corrected chi connectivity index (χ0v) is 60.7. The average Bonchev–Trinajstić information content (AvgIpc) is 0.772. The van der Waals surface area contributed by atoms with Crippen LogP contribution in [0.2, 0.25) is 0 Å². The number of aliphatic hydroxyl groups excluding tert-OH is 2. The first kappa shape index (κ1) is 77.3. The number of cyclic esters (lactones) is 1. The number of amides is 1. The number of ether oxygens (including phenoxy) is 8. The van der Waals surface area contributed by atoms with Crippen molar-refractivity contribution in [3.05, 3.63) is 83.5 Å². The smallest absolute Gasteiger partial charge is 0.329 e. The van der Waals surface area contributed by atoms with Crippen molar-refractivity contribution in [1.29, 1.82) is 0 Å². The van der Waals surface area contributed by atoms with Gasteiger partial charge in [0.15, 0.2) is 11.4 Å². The van der Waals surface area contributed by atoms with Gasteiger partial charge in [-0.2, -0.15) is 9.97 Å². The molecule has 0 spiro atoms. The van der Waals surface area contributed by atoms with E-state index in [1.807, 2.05) is 81.5 Å². The van der Waals surface area contributed by atoms with Gasteiger partial charge < -0.3 is 67.9 Å². The number of pyridine rings is 1. The molecule has 4 saturated heterocycles. The molecule has 1 saturated carbocycles. The summed E-state index contributed by atoms with van der Waals surface area (Å²) in [6, 6.07) is 8.41. The SMILES string of the molecule is COc1ccc(-c2ccc3c(N4CCOC[C@@H]4C)nc(N4CCOC[C@@H]4C)nc3n2)cc1COC(=O)CC1C[C@@H]2CC[C@@H](C)[C@@](O)(O2)C(=O)C(=O)N2CCCC[C@H]2C(=O)O[C@H]([C@H](C)CC2CC[C@@H](O)[C@H](OC)C2)CC(=O)[C@H](C)/C=C(\C)[C@@H](O)[C@@H](OC)C(=O)[C@H](C)C[C@H](C)/C=C/C=C/C=C/1C. The summed E-state index contributed by atoms with van der Waals surface area (Å²) in [5, 5.41) is 35.6. The summed E-state index contributed by atoms with van der Waals surface area (Å²) in [6.07, 6.45) is 9.90. The van der Waals surface area contributed by atoms with Gasteiger partial charge in [-0.1, -0.05) is 76.6 Å². The summed E-state index contributed by atoms with van der Waals surface area (Å²) in [5.41, 5.74) is 3.60. The molecular weight excluding hydrogens is 1280 g/mol. The number of carbonyl (C=O) groups is 6. The molecule has 0 radical (unpaired) electrons. The van der Waals surface area contributed by atoms with Crippen LogP contribution in [0, 0.1) is 41.4 Å². The number of aromatic nitrogens is 3. The predicted molar refractivity (Wildman–Crippen MR) is 377 cm³/mol. The summed E-state index contributed by atoms with van der Waals surface area (Å²) in [7, 11) is 4.47. The van der Waals surface area contributed by atoms with Gasteiger partial charge in [-0.05, 0) is 158 Å². The number of ketones is 3. The molecule has 3 aromatic rings. The number of esters is 2. The number of carbonyl (C=O) groups excluding carboxylic acids is 6. The van der Waals surface area contributed by atoms with Crippen molar-refractivity contribution >= 4 is 58.0 Å². The summed E-state index contributed by atoms with van der Waals surface area (Å²) >= 11 is 0. The van der Waals surface area contributed by atoms with E-state index in [-0.39, 0.29) is 86.8 Å². The molecule has 5 aliphatic heterocycles. The monoisotopic (exact) mass is 1390 g/mol. The largest absolute Gasteiger partial charge is 0.496 e. The van der Waals surface area contributed by atoms with Crippen LogP contribution in [0.4, 0.5) is 11.8 Å². The van der Waals surface area contributed by atoms with Gasteiger partial charge in [-0.25, -0.2) is 9.78 Å². The van der Waals surface area contributed by atoms with Gasteiger partial charge in [0.05, 0.1) is 81.4 Å². The van der Waals surface area contributed by atoms with E-state index in [1.54, 1.807) is 48.0 Å². The average molecular weight is 1390 g/mol. The van der Waals surface area contributed by atoms with E-state index in [0.29, 0.717) is 125 Å². The molecule has 100 heavy (non-hydrogen) atoms. The number of fused-ring (bicyclic) bond motifs is 4. The maximum atomic E-state index is 14.8. The van der Waals surface area contributed by atoms with E-state index < -0.39 is 95.6 Å². The Hall–Kier alpha value is -6.83. The normalized spacial score (nSPS) is 33.7. The highest BCUT2D eigenvalue weighted by molar-refractivity contribution is 6.39. The van der Waals surface area contributed by atoms with Crippen LogP contribution >= 0.6 is 0 Å². The van der Waals surface area contributed by atoms with E-state index in [4.69, 9.17) is 52.8 Å². The van der Waals surface area contributed by atoms with Crippen molar-refractivity contribution in [1.82, 2.24) is 19.9 Å². The Kier molecular flexibility index (Phi) is 27.4. The minimum atomic E-state index is -2.60. The number of aliphatic hydroxyl groups is 3. The molecular formula is C77H108N6O17. The van der Waals surface area contributed by atoms with Gasteiger partial charge in [-0.3, -0.25) is 24.0 Å². The Balaban J connectivity index is 0.981. The summed E-state index contributed by atoms with van der Waals surface area (Å²) in [4.78, 5) is 108. The van der Waals surface area contributed by atoms with Crippen molar-refractivity contribution in [3.63, 3.8) is 0 Å². The van der Waals surface area contributed by atoms with Crippen LogP contribution in [-0.4, -0.2) is 198 Å². The molecule has 1 aliphatic carbocycles. The highest BCUT2D eigenvalue weighted by Crippen LogP contribution is 2.40. The molecule has 2 bridgehead atoms. The first-order valence-corrected chi connectivity index (χ1v) is 36.2. The molecule has 2 aromatic heterocycles. The van der Waals surface area contributed by atoms with Crippen LogP contribution in [0.5, 0.6) is 5.75 Å². The van der Waals surface area contributed by atoms with Gasteiger partial charge in [0, 0.05) is 69.2 Å². The number of morpholine rings is 2. The van der Waals surface area contributed by atoms with Crippen LogP contribution < -0.4 is 14.5 Å². The predicted octanol–water partition coefficient (Wildman–Crippen LogP) is 9.38. The van der Waals surface area contributed by atoms with E-state index in [0.717, 1.165) is 22.3 Å². The fraction of sp³-hybridized carbons (Fsp3) is 0.649. The molecule has 23 heteroatoms. The number of piperidine rings is 1. The quantitative estimate of drug-likeness (QED) is 0.0815. The molecule has 1 aromatic carbocycles. The third-order valence-electron chi connectivity index (χ3n) is 21.6. The van der Waals surface area contributed by atoms with E-state index in [2.05, 4.69) is 23.6 Å². The molecule has 5 fully saturated rings. The van der Waals surface area contributed by atoms with Gasteiger partial charge >= 0.3 is 11.9 Å². The zero-order valence-electron chi connectivity index (χ0n) is 60.7. The van der Waals surface area contributed by atoms with E-state index in [1.165, 1.54) is 12.0 Å². The molecule has 548 valence electrons. The number of hydrogen-bond acceptors (Lipinski definition) is 22. The second kappa shape index (κ2) is 35.4. The van der Waals surface area contributed by atoms with Crippen LogP contribution in [0.15, 0.2) is 77.9 Å². The highest BCUT2D eigenvalue weighted by Gasteiger charge is 2.53. The van der Waals surface area contributed by atoms with Gasteiger partial charge in [-0.15, -0.1) is 0 Å². The van der Waals surface area contributed by atoms with Crippen molar-refractivity contribution < 1.29 is 82.0 Å². The Morgan fingerprint density at radius 1 is 0.780 bits per heavy atom. The Morgan fingerprint density at radius 3 is 2.23 bits per heavy atom. The second-order valence-electron chi connectivity index (χ2n) is 29.1. The highest BCUT2D eigenvalue weighted by atomic mass is 16.6. The Morgan fingerprint density at radius 2 is 1.52 bits per heavy atom. The molecule has 7 heterocycles. The lowest BCUT2D eigenvalue weighted by molar-refractivity contribution is -0.264. The fourth-order valence-electron chi connectivity index (χ4n) is 15.2. The van der Waals surface area contributed by atoms with Gasteiger partial charge in [0.25, 0.3) is 11.7 Å². The molecule has 23 nitrogen and oxygen atoms in total. The van der Waals surface area contributed by atoms with Crippen molar-refractivity contribution in [2.75, 3.05) is 77.2 Å². The number of benzene rings is 1. The number of allylic oxidation sites excluding steroid dienone is 7. The molecule has 6 aliphatic rings. The van der Waals surface area contributed by atoms with E-state index in [9.17, 15) is 44.1 Å². The molecule has 17 atom stereocenters. The number of anilines is 2. The summed E-state index contributed by atoms with van der Waals surface area (Å²) in [5.74, 6) is -8.15. The number of hydrogen-bond donors (Lipinski definition) is 3. The number of methoxy groups -OCH3 is 3. The van der Waals surface area contributed by atoms with Gasteiger partial charge in [0.1, 0.15) is 48.3 Å². The summed E-state index contributed by atoms with van der Waals surface area (Å²) in [6.45, 7) is 20.1. The number of nitrogens with zero attached hydrogens (tertiary/aromatic N) is 6. The van der Waals surface area contributed by atoms with Crippen LogP contribution in [0.1, 0.15) is 151 Å². The van der Waals surface area contributed by atoms with Crippen LogP contribution in [-0.2, 0) is 68.5 Å². The summed E-state index contributed by atoms with van der Waals surface area (Å²) < 4.78 is 47.6. The Bertz CT molecular complexity index is 3480. The van der Waals surface area contributed by atoms with Gasteiger partial charge in [0.2, 0.25) is 11.7 Å². The number of rotatable bonds is 13. The van der Waals surface area contributed by atoms with Crippen molar-refractivity contribution in [2.24, 2.45) is 41.4 Å². The third-order valence-corrected chi connectivity index (χ3v) is 21.6. The van der Waals surface area contributed by atoms with Crippen molar-refractivity contribution in [2.45, 2.75) is 213 Å². The molecule has 3 N–H and O–H groups in total. The molecule has 1 amide bonds. The topological polar surface area (TPSA) is 285 Å². The third kappa shape index (κ3) is 18.9. The Labute approximate surface area is 589 Å². The first-order chi connectivity index (χ1) is 47.8.